The average Bonchev–Trinajstić information content (AvgIpc) is 3.35. The average molecular weight is 498 g/mol. The van der Waals surface area contributed by atoms with Crippen molar-refractivity contribution in [1.82, 2.24) is 15.1 Å². The monoisotopic (exact) mass is 498 g/mol. The lowest BCUT2D eigenvalue weighted by Gasteiger charge is -2.22. The van der Waals surface area contributed by atoms with Gasteiger partial charge in [-0.25, -0.2) is 0 Å². The highest BCUT2D eigenvalue weighted by molar-refractivity contribution is 14.0. The lowest BCUT2D eigenvalue weighted by atomic mass is 10.1. The number of likely N-dealkylation sites (N-methyl/N-ethyl adjacent to an activating group) is 1. The topological polar surface area (TPSA) is 30.9 Å². The molecule has 1 aliphatic heterocycles. The fourth-order valence-corrected chi connectivity index (χ4v) is 4.06. The van der Waals surface area contributed by atoms with E-state index in [4.69, 9.17) is 0 Å². The standard InChI is InChI=1S/C21H30N4S.HI/c1-22-21(24(2)14-11-20-6-5-15-26-20)23-16-18-7-9-19(10-8-18)17-25-12-3-4-13-25;/h5-10,15H,3-4,11-14,16-17H2,1-2H3,(H,22,23);1H. The fourth-order valence-electron chi connectivity index (χ4n) is 3.37. The number of aliphatic imine (C=N–C) groups is 1. The van der Waals surface area contributed by atoms with Crippen molar-refractivity contribution in [3.63, 3.8) is 0 Å². The number of hydrogen-bond donors (Lipinski definition) is 1. The summed E-state index contributed by atoms with van der Waals surface area (Å²) in [7, 11) is 3.95. The molecule has 0 bridgehead atoms. The van der Waals surface area contributed by atoms with E-state index in [0.717, 1.165) is 32.0 Å². The van der Waals surface area contributed by atoms with Crippen LogP contribution in [-0.4, -0.2) is 49.5 Å². The molecule has 27 heavy (non-hydrogen) atoms. The molecule has 2 aromatic rings. The molecule has 148 valence electrons. The van der Waals surface area contributed by atoms with Gasteiger partial charge < -0.3 is 10.2 Å². The normalized spacial score (nSPS) is 14.8. The third kappa shape index (κ3) is 7.08. The number of nitrogens with zero attached hydrogens (tertiary/aromatic N) is 3. The van der Waals surface area contributed by atoms with Crippen molar-refractivity contribution in [2.75, 3.05) is 33.7 Å². The van der Waals surface area contributed by atoms with Crippen LogP contribution in [0, 0.1) is 0 Å². The predicted octanol–water partition coefficient (Wildman–Crippen LogP) is 4.21. The van der Waals surface area contributed by atoms with Crippen LogP contribution in [0.15, 0.2) is 46.8 Å². The van der Waals surface area contributed by atoms with Crippen LogP contribution in [-0.2, 0) is 19.5 Å². The molecular weight excluding hydrogens is 467 g/mol. The van der Waals surface area contributed by atoms with E-state index >= 15 is 0 Å². The van der Waals surface area contributed by atoms with E-state index in [2.05, 4.69) is 68.9 Å². The van der Waals surface area contributed by atoms with E-state index in [9.17, 15) is 0 Å². The lowest BCUT2D eigenvalue weighted by molar-refractivity contribution is 0.331. The third-order valence-electron chi connectivity index (χ3n) is 4.93. The van der Waals surface area contributed by atoms with Crippen molar-refractivity contribution in [1.29, 1.82) is 0 Å². The molecule has 0 saturated carbocycles. The van der Waals surface area contributed by atoms with E-state index in [1.165, 1.54) is 41.9 Å². The van der Waals surface area contributed by atoms with Crippen LogP contribution in [0.2, 0.25) is 0 Å². The lowest BCUT2D eigenvalue weighted by Crippen LogP contribution is -2.39. The van der Waals surface area contributed by atoms with Gasteiger partial charge in [0.25, 0.3) is 0 Å². The summed E-state index contributed by atoms with van der Waals surface area (Å²) in [6.07, 6.45) is 3.75. The molecule has 0 amide bonds. The molecule has 1 aliphatic rings. The largest absolute Gasteiger partial charge is 0.352 e. The van der Waals surface area contributed by atoms with Gasteiger partial charge in [0.1, 0.15) is 0 Å². The molecule has 0 aliphatic carbocycles. The Morgan fingerprint density at radius 3 is 2.48 bits per heavy atom. The minimum atomic E-state index is 0. The SMILES string of the molecule is CN=C(NCc1ccc(CN2CCCC2)cc1)N(C)CCc1cccs1.I. The van der Waals surface area contributed by atoms with Gasteiger partial charge in [-0.05, 0) is 54.9 Å². The minimum absolute atomic E-state index is 0. The van der Waals surface area contributed by atoms with Gasteiger partial charge in [-0.15, -0.1) is 35.3 Å². The Labute approximate surface area is 184 Å². The van der Waals surface area contributed by atoms with Gasteiger partial charge in [-0.3, -0.25) is 9.89 Å². The Morgan fingerprint density at radius 2 is 1.85 bits per heavy atom. The quantitative estimate of drug-likeness (QED) is 0.353. The molecule has 0 spiro atoms. The maximum absolute atomic E-state index is 4.42. The minimum Gasteiger partial charge on any atom is -0.352 e. The van der Waals surface area contributed by atoms with Crippen molar-refractivity contribution in [3.8, 4) is 0 Å². The molecule has 1 aromatic heterocycles. The van der Waals surface area contributed by atoms with Crippen molar-refractivity contribution < 1.29 is 0 Å². The Hall–Kier alpha value is -1.12. The molecule has 6 heteroatoms. The Bertz CT molecular complexity index is 679. The first-order valence-electron chi connectivity index (χ1n) is 9.49. The summed E-state index contributed by atoms with van der Waals surface area (Å²) in [5, 5.41) is 5.61. The van der Waals surface area contributed by atoms with Crippen LogP contribution in [0.4, 0.5) is 0 Å². The van der Waals surface area contributed by atoms with Gasteiger partial charge in [0.05, 0.1) is 0 Å². The molecule has 1 aromatic carbocycles. The van der Waals surface area contributed by atoms with Crippen LogP contribution in [0.5, 0.6) is 0 Å². The summed E-state index contributed by atoms with van der Waals surface area (Å²) in [6, 6.07) is 13.3. The summed E-state index contributed by atoms with van der Waals surface area (Å²) in [5.74, 6) is 0.947. The number of thiophene rings is 1. The zero-order valence-corrected chi connectivity index (χ0v) is 19.5. The van der Waals surface area contributed by atoms with E-state index in [1.807, 2.05) is 18.4 Å². The highest BCUT2D eigenvalue weighted by Gasteiger charge is 2.11. The molecular formula is C21H31IN4S. The highest BCUT2D eigenvalue weighted by atomic mass is 127. The molecule has 0 atom stereocenters. The van der Waals surface area contributed by atoms with Crippen LogP contribution in [0.1, 0.15) is 28.8 Å². The first-order chi connectivity index (χ1) is 12.7. The Balaban J connectivity index is 0.00000261. The number of hydrogen-bond acceptors (Lipinski definition) is 3. The van der Waals surface area contributed by atoms with Crippen molar-refractivity contribution >= 4 is 41.3 Å². The number of nitrogens with one attached hydrogen (secondary N) is 1. The molecule has 1 fully saturated rings. The van der Waals surface area contributed by atoms with Gasteiger partial charge in [0, 0.05) is 38.6 Å². The van der Waals surface area contributed by atoms with Gasteiger partial charge in [0.2, 0.25) is 0 Å². The number of guanidine groups is 1. The summed E-state index contributed by atoms with van der Waals surface area (Å²) >= 11 is 1.82. The highest BCUT2D eigenvalue weighted by Crippen LogP contribution is 2.13. The number of halogens is 1. The molecule has 2 heterocycles. The second-order valence-corrected chi connectivity index (χ2v) is 7.98. The third-order valence-corrected chi connectivity index (χ3v) is 5.86. The molecule has 4 nitrogen and oxygen atoms in total. The predicted molar refractivity (Wildman–Crippen MR) is 127 cm³/mol. The van der Waals surface area contributed by atoms with Crippen LogP contribution in [0.25, 0.3) is 0 Å². The van der Waals surface area contributed by atoms with Crippen LogP contribution < -0.4 is 5.32 Å². The molecule has 1 saturated heterocycles. The zero-order valence-electron chi connectivity index (χ0n) is 16.4. The summed E-state index contributed by atoms with van der Waals surface area (Å²) in [4.78, 5) is 10.6. The summed E-state index contributed by atoms with van der Waals surface area (Å²) in [6.45, 7) is 5.35. The first kappa shape index (κ1) is 22.2. The number of likely N-dealkylation sites (tertiary alicyclic amines) is 1. The molecule has 3 rings (SSSR count). The van der Waals surface area contributed by atoms with Crippen molar-refractivity contribution in [2.24, 2.45) is 4.99 Å². The molecule has 1 N–H and O–H groups in total. The maximum Gasteiger partial charge on any atom is 0.193 e. The van der Waals surface area contributed by atoms with Gasteiger partial charge in [-0.2, -0.15) is 0 Å². The zero-order chi connectivity index (χ0) is 18.2. The molecule has 0 radical (unpaired) electrons. The van der Waals surface area contributed by atoms with E-state index in [0.29, 0.717) is 0 Å². The number of rotatable bonds is 7. The van der Waals surface area contributed by atoms with Crippen molar-refractivity contribution in [3.05, 3.63) is 57.8 Å². The van der Waals surface area contributed by atoms with E-state index in [-0.39, 0.29) is 24.0 Å². The van der Waals surface area contributed by atoms with E-state index < -0.39 is 0 Å². The second-order valence-electron chi connectivity index (χ2n) is 6.95. The first-order valence-corrected chi connectivity index (χ1v) is 10.4. The van der Waals surface area contributed by atoms with Gasteiger partial charge in [-0.1, -0.05) is 30.3 Å². The van der Waals surface area contributed by atoms with Crippen LogP contribution in [0.3, 0.4) is 0 Å². The smallest absolute Gasteiger partial charge is 0.193 e. The second kappa shape index (κ2) is 11.7. The van der Waals surface area contributed by atoms with E-state index in [1.54, 1.807) is 0 Å². The van der Waals surface area contributed by atoms with Crippen molar-refractivity contribution in [2.45, 2.75) is 32.4 Å². The Morgan fingerprint density at radius 1 is 1.15 bits per heavy atom. The summed E-state index contributed by atoms with van der Waals surface area (Å²) < 4.78 is 0. The molecule has 0 unspecified atom stereocenters. The summed E-state index contributed by atoms with van der Waals surface area (Å²) in [5.41, 5.74) is 2.70. The van der Waals surface area contributed by atoms with Gasteiger partial charge >= 0.3 is 0 Å². The maximum atomic E-state index is 4.42. The Kier molecular flexibility index (Phi) is 9.58. The van der Waals surface area contributed by atoms with Gasteiger partial charge in [0.15, 0.2) is 5.96 Å². The van der Waals surface area contributed by atoms with Crippen LogP contribution >= 0.6 is 35.3 Å². The number of benzene rings is 1. The fraction of sp³-hybridized carbons (Fsp3) is 0.476.